The number of benzene rings is 1. The van der Waals surface area contributed by atoms with Crippen molar-refractivity contribution in [3.05, 3.63) is 39.7 Å². The van der Waals surface area contributed by atoms with Crippen LogP contribution >= 0.6 is 11.3 Å². The topological polar surface area (TPSA) is 12.9 Å². The first-order chi connectivity index (χ1) is 9.61. The van der Waals surface area contributed by atoms with Crippen LogP contribution in [0.1, 0.15) is 57.0 Å². The average molecular weight is 289 g/mol. The second-order valence-corrected chi connectivity index (χ2v) is 6.47. The lowest BCUT2D eigenvalue weighted by molar-refractivity contribution is 0.737. The van der Waals surface area contributed by atoms with Crippen molar-refractivity contribution in [2.75, 3.05) is 0 Å². The number of aromatic nitrogens is 1. The number of aryl methyl sites for hydroxylation is 1. The van der Waals surface area contributed by atoms with Gasteiger partial charge in [-0.2, -0.15) is 0 Å². The quantitative estimate of drug-likeness (QED) is 0.538. The molecule has 1 aliphatic rings. The summed E-state index contributed by atoms with van der Waals surface area (Å²) in [5.74, 6) is 0.833. The van der Waals surface area contributed by atoms with Crippen LogP contribution in [0.2, 0.25) is 0 Å². The van der Waals surface area contributed by atoms with Gasteiger partial charge in [0.15, 0.2) is 0 Å². The molecule has 0 spiro atoms. The van der Waals surface area contributed by atoms with Gasteiger partial charge in [0.1, 0.15) is 0 Å². The maximum atomic E-state index is 4.67. The Labute approximate surface area is 128 Å². The molecule has 0 N–H and O–H groups in total. The fourth-order valence-electron chi connectivity index (χ4n) is 1.96. The van der Waals surface area contributed by atoms with Crippen molar-refractivity contribution >= 4 is 11.3 Å². The van der Waals surface area contributed by atoms with Crippen molar-refractivity contribution in [3.8, 4) is 11.3 Å². The van der Waals surface area contributed by atoms with Gasteiger partial charge in [0, 0.05) is 16.9 Å². The van der Waals surface area contributed by atoms with E-state index in [9.17, 15) is 0 Å². The van der Waals surface area contributed by atoms with Crippen LogP contribution < -0.4 is 0 Å². The van der Waals surface area contributed by atoms with Crippen molar-refractivity contribution in [3.63, 3.8) is 0 Å². The summed E-state index contributed by atoms with van der Waals surface area (Å²) in [4.78, 5) is 6.12. The fraction of sp³-hybridized carbons (Fsp3) is 0.500. The van der Waals surface area contributed by atoms with Crippen molar-refractivity contribution in [2.24, 2.45) is 5.92 Å². The average Bonchev–Trinajstić information content (AvgIpc) is 2.97. The van der Waals surface area contributed by atoms with Gasteiger partial charge in [0.05, 0.1) is 10.7 Å². The second kappa shape index (κ2) is 8.21. The van der Waals surface area contributed by atoms with E-state index in [0.717, 1.165) is 18.8 Å². The standard InChI is InChI=1S/C12H11NS.C4H10.C2H6/c1-2-11-13-12-9-6-4-3-5-8(9)7-10(12)14-11;1-4(2)3;1-2/h3-6H,2,7H2,1H3;4H,1-3H3;1-2H3. The highest BCUT2D eigenvalue weighted by Gasteiger charge is 2.21. The molecule has 0 fully saturated rings. The van der Waals surface area contributed by atoms with Crippen LogP contribution in [0, 0.1) is 5.92 Å². The monoisotopic (exact) mass is 289 g/mol. The molecule has 1 nitrogen and oxygen atoms in total. The van der Waals surface area contributed by atoms with Gasteiger partial charge in [-0.05, 0) is 17.9 Å². The molecule has 3 rings (SSSR count). The summed E-state index contributed by atoms with van der Waals surface area (Å²) < 4.78 is 0. The fourth-order valence-corrected chi connectivity index (χ4v) is 3.01. The Morgan fingerprint density at radius 1 is 1.15 bits per heavy atom. The van der Waals surface area contributed by atoms with Crippen LogP contribution in [-0.4, -0.2) is 4.98 Å². The van der Waals surface area contributed by atoms with E-state index in [1.807, 2.05) is 25.2 Å². The van der Waals surface area contributed by atoms with Crippen molar-refractivity contribution in [2.45, 2.75) is 54.4 Å². The van der Waals surface area contributed by atoms with Crippen LogP contribution in [0.4, 0.5) is 0 Å². The Morgan fingerprint density at radius 3 is 2.35 bits per heavy atom. The minimum absolute atomic E-state index is 0.833. The first-order valence-electron chi connectivity index (χ1n) is 7.68. The molecule has 1 aromatic carbocycles. The van der Waals surface area contributed by atoms with Gasteiger partial charge >= 0.3 is 0 Å². The predicted molar refractivity (Wildman–Crippen MR) is 91.6 cm³/mol. The van der Waals surface area contributed by atoms with E-state index in [4.69, 9.17) is 0 Å². The number of rotatable bonds is 1. The summed E-state index contributed by atoms with van der Waals surface area (Å²) in [5, 5.41) is 1.27. The molecule has 0 amide bonds. The van der Waals surface area contributed by atoms with Crippen molar-refractivity contribution < 1.29 is 0 Å². The summed E-state index contributed by atoms with van der Waals surface area (Å²) in [6.45, 7) is 12.7. The molecule has 0 radical (unpaired) electrons. The van der Waals surface area contributed by atoms with Gasteiger partial charge in [-0.25, -0.2) is 4.98 Å². The Bertz CT molecular complexity index is 523. The summed E-state index contributed by atoms with van der Waals surface area (Å²) >= 11 is 1.87. The lowest BCUT2D eigenvalue weighted by Crippen LogP contribution is -1.81. The molecule has 0 unspecified atom stereocenters. The zero-order valence-electron chi connectivity index (χ0n) is 13.7. The molecule has 110 valence electrons. The smallest absolute Gasteiger partial charge is 0.0932 e. The maximum Gasteiger partial charge on any atom is 0.0932 e. The Hall–Kier alpha value is -1.15. The van der Waals surface area contributed by atoms with Crippen molar-refractivity contribution in [1.29, 1.82) is 0 Å². The SMILES string of the molecule is CC.CC(C)C.CCc1nc2c(s1)Cc1ccccc1-2. The molecule has 2 aromatic rings. The number of thiazole rings is 1. The number of nitrogens with zero attached hydrogens (tertiary/aromatic N) is 1. The summed E-state index contributed by atoms with van der Waals surface area (Å²) in [5.41, 5.74) is 4.02. The molecule has 0 aliphatic heterocycles. The molecule has 1 aromatic heterocycles. The Morgan fingerprint density at radius 2 is 1.75 bits per heavy atom. The minimum Gasteiger partial charge on any atom is -0.241 e. The third-order valence-electron chi connectivity index (χ3n) is 2.67. The van der Waals surface area contributed by atoms with Gasteiger partial charge in [0.25, 0.3) is 0 Å². The Balaban J connectivity index is 0.000000291. The van der Waals surface area contributed by atoms with Crippen LogP contribution in [-0.2, 0) is 12.8 Å². The summed E-state index contributed by atoms with van der Waals surface area (Å²) in [6, 6.07) is 8.59. The summed E-state index contributed by atoms with van der Waals surface area (Å²) in [6.07, 6.45) is 2.14. The molecule has 2 heteroatoms. The third-order valence-corrected chi connectivity index (χ3v) is 3.87. The molecule has 0 saturated heterocycles. The van der Waals surface area contributed by atoms with E-state index in [0.29, 0.717) is 0 Å². The van der Waals surface area contributed by atoms with E-state index in [-0.39, 0.29) is 0 Å². The van der Waals surface area contributed by atoms with E-state index < -0.39 is 0 Å². The zero-order valence-corrected chi connectivity index (χ0v) is 14.5. The zero-order chi connectivity index (χ0) is 15.1. The van der Waals surface area contributed by atoms with E-state index in [1.165, 1.54) is 26.7 Å². The van der Waals surface area contributed by atoms with E-state index in [1.54, 1.807) is 0 Å². The van der Waals surface area contributed by atoms with Gasteiger partial charge in [-0.3, -0.25) is 0 Å². The molecular formula is C18H27NS. The Kier molecular flexibility index (Phi) is 6.94. The van der Waals surface area contributed by atoms with Gasteiger partial charge in [-0.15, -0.1) is 11.3 Å². The highest BCUT2D eigenvalue weighted by molar-refractivity contribution is 7.12. The first-order valence-corrected chi connectivity index (χ1v) is 8.50. The number of fused-ring (bicyclic) bond motifs is 3. The largest absolute Gasteiger partial charge is 0.241 e. The normalized spacial score (nSPS) is 10.9. The van der Waals surface area contributed by atoms with E-state index >= 15 is 0 Å². The van der Waals surface area contributed by atoms with E-state index in [2.05, 4.69) is 56.9 Å². The van der Waals surface area contributed by atoms with Crippen LogP contribution in [0.15, 0.2) is 24.3 Å². The highest BCUT2D eigenvalue weighted by atomic mass is 32.1. The molecule has 1 heterocycles. The molecule has 0 bridgehead atoms. The lowest BCUT2D eigenvalue weighted by atomic mass is 10.1. The van der Waals surface area contributed by atoms with Gasteiger partial charge < -0.3 is 0 Å². The van der Waals surface area contributed by atoms with Crippen LogP contribution in [0.5, 0.6) is 0 Å². The third kappa shape index (κ3) is 4.17. The predicted octanol–water partition coefficient (Wildman–Crippen LogP) is 5.97. The van der Waals surface area contributed by atoms with Crippen LogP contribution in [0.25, 0.3) is 11.3 Å². The first kappa shape index (κ1) is 16.9. The number of hydrogen-bond acceptors (Lipinski definition) is 2. The van der Waals surface area contributed by atoms with Gasteiger partial charge in [-0.1, -0.05) is 65.8 Å². The minimum atomic E-state index is 0.833. The van der Waals surface area contributed by atoms with Crippen molar-refractivity contribution in [1.82, 2.24) is 4.98 Å². The second-order valence-electron chi connectivity index (χ2n) is 5.30. The molecular weight excluding hydrogens is 262 g/mol. The van der Waals surface area contributed by atoms with Crippen LogP contribution in [0.3, 0.4) is 0 Å². The molecule has 0 atom stereocenters. The maximum absolute atomic E-state index is 4.67. The molecule has 0 saturated carbocycles. The van der Waals surface area contributed by atoms with Gasteiger partial charge in [0.2, 0.25) is 0 Å². The molecule has 20 heavy (non-hydrogen) atoms. The number of hydrogen-bond donors (Lipinski definition) is 0. The highest BCUT2D eigenvalue weighted by Crippen LogP contribution is 2.39. The lowest BCUT2D eigenvalue weighted by Gasteiger charge is -1.96. The summed E-state index contributed by atoms with van der Waals surface area (Å²) in [7, 11) is 0. The molecule has 1 aliphatic carbocycles.